The Morgan fingerprint density at radius 3 is 2.29 bits per heavy atom. The minimum Gasteiger partial charge on any atom is -0.356 e. The van der Waals surface area contributed by atoms with Crippen LogP contribution in [0.3, 0.4) is 0 Å². The third-order valence-corrected chi connectivity index (χ3v) is 2.10. The highest BCUT2D eigenvalue weighted by Crippen LogP contribution is 2.02. The predicted molar refractivity (Wildman–Crippen MR) is 57.1 cm³/mol. The monoisotopic (exact) mass is 199 g/mol. The maximum Gasteiger partial charge on any atom is 0.219 e. The van der Waals surface area contributed by atoms with Crippen molar-refractivity contribution in [2.24, 2.45) is 0 Å². The van der Waals surface area contributed by atoms with E-state index in [9.17, 15) is 9.59 Å². The molecule has 0 rings (SSSR count). The fraction of sp³-hybridized carbons (Fsp3) is 0.818. The predicted octanol–water partition coefficient (Wildman–Crippen LogP) is 2.05. The van der Waals surface area contributed by atoms with E-state index in [1.165, 1.54) is 0 Å². The molecule has 0 aromatic heterocycles. The first-order valence-corrected chi connectivity index (χ1v) is 5.43. The minimum absolute atomic E-state index is 0.119. The molecule has 14 heavy (non-hydrogen) atoms. The molecule has 0 aliphatic carbocycles. The summed E-state index contributed by atoms with van der Waals surface area (Å²) in [6, 6.07) is 0. The first-order chi connectivity index (χ1) is 6.66. The molecule has 1 N–H and O–H groups in total. The summed E-state index contributed by atoms with van der Waals surface area (Å²) in [6.45, 7) is 4.25. The van der Waals surface area contributed by atoms with Crippen molar-refractivity contribution in [3.8, 4) is 0 Å². The molecule has 0 saturated heterocycles. The molecule has 3 heteroatoms. The largest absolute Gasteiger partial charge is 0.356 e. The lowest BCUT2D eigenvalue weighted by molar-refractivity contribution is -0.120. The second-order valence-electron chi connectivity index (χ2n) is 3.57. The Balaban J connectivity index is 3.06. The van der Waals surface area contributed by atoms with Crippen molar-refractivity contribution in [1.82, 2.24) is 5.32 Å². The zero-order valence-electron chi connectivity index (χ0n) is 9.27. The van der Waals surface area contributed by atoms with Crippen molar-refractivity contribution in [3.63, 3.8) is 0 Å². The Kier molecular flexibility index (Phi) is 8.19. The highest BCUT2D eigenvalue weighted by Gasteiger charge is 1.96. The van der Waals surface area contributed by atoms with E-state index in [0.717, 1.165) is 32.2 Å². The molecule has 0 fully saturated rings. The SMILES string of the molecule is CCC(=O)NCCCCCCC(C)=O. The lowest BCUT2D eigenvalue weighted by Gasteiger charge is -2.02. The maximum atomic E-state index is 10.8. The fourth-order valence-corrected chi connectivity index (χ4v) is 1.21. The molecule has 0 aromatic rings. The van der Waals surface area contributed by atoms with Gasteiger partial charge in [0, 0.05) is 19.4 Å². The van der Waals surface area contributed by atoms with E-state index in [1.54, 1.807) is 6.92 Å². The number of nitrogens with one attached hydrogen (secondary N) is 1. The van der Waals surface area contributed by atoms with Crippen LogP contribution in [-0.2, 0) is 9.59 Å². The molecule has 0 aromatic carbocycles. The Bertz CT molecular complexity index is 178. The van der Waals surface area contributed by atoms with Crippen LogP contribution in [0.15, 0.2) is 0 Å². The van der Waals surface area contributed by atoms with Gasteiger partial charge in [0.1, 0.15) is 5.78 Å². The van der Waals surface area contributed by atoms with Crippen molar-refractivity contribution in [2.45, 2.75) is 52.4 Å². The number of hydrogen-bond donors (Lipinski definition) is 1. The normalized spacial score (nSPS) is 9.86. The van der Waals surface area contributed by atoms with Gasteiger partial charge in [-0.1, -0.05) is 19.8 Å². The van der Waals surface area contributed by atoms with Crippen molar-refractivity contribution in [1.29, 1.82) is 0 Å². The zero-order chi connectivity index (χ0) is 10.8. The van der Waals surface area contributed by atoms with Gasteiger partial charge < -0.3 is 10.1 Å². The lowest BCUT2D eigenvalue weighted by Crippen LogP contribution is -2.23. The standard InChI is InChI=1S/C11H21NO2/c1-3-11(14)12-9-7-5-4-6-8-10(2)13/h3-9H2,1-2H3,(H,12,14). The van der Waals surface area contributed by atoms with Crippen LogP contribution in [0.25, 0.3) is 0 Å². The Labute approximate surface area is 86.3 Å². The average molecular weight is 199 g/mol. The van der Waals surface area contributed by atoms with Crippen LogP contribution in [0.4, 0.5) is 0 Å². The first kappa shape index (κ1) is 13.1. The van der Waals surface area contributed by atoms with Gasteiger partial charge >= 0.3 is 0 Å². The maximum absolute atomic E-state index is 10.8. The van der Waals surface area contributed by atoms with Gasteiger partial charge in [0.2, 0.25) is 5.91 Å². The summed E-state index contributed by atoms with van der Waals surface area (Å²) >= 11 is 0. The lowest BCUT2D eigenvalue weighted by atomic mass is 10.1. The number of unbranched alkanes of at least 4 members (excludes halogenated alkanes) is 3. The molecule has 82 valence electrons. The van der Waals surface area contributed by atoms with Crippen LogP contribution in [0, 0.1) is 0 Å². The Morgan fingerprint density at radius 1 is 1.07 bits per heavy atom. The number of amides is 1. The van der Waals surface area contributed by atoms with E-state index in [1.807, 2.05) is 6.92 Å². The number of hydrogen-bond acceptors (Lipinski definition) is 2. The molecular weight excluding hydrogens is 178 g/mol. The highest BCUT2D eigenvalue weighted by atomic mass is 16.1. The first-order valence-electron chi connectivity index (χ1n) is 5.43. The van der Waals surface area contributed by atoms with Crippen molar-refractivity contribution in [2.75, 3.05) is 6.54 Å². The molecule has 0 bridgehead atoms. The topological polar surface area (TPSA) is 46.2 Å². The molecule has 0 unspecified atom stereocenters. The number of rotatable bonds is 8. The van der Waals surface area contributed by atoms with Gasteiger partial charge in [0.25, 0.3) is 0 Å². The summed E-state index contributed by atoms with van der Waals surface area (Å²) in [4.78, 5) is 21.4. The third kappa shape index (κ3) is 9.23. The van der Waals surface area contributed by atoms with E-state index in [-0.39, 0.29) is 11.7 Å². The smallest absolute Gasteiger partial charge is 0.219 e. The molecule has 0 saturated carbocycles. The minimum atomic E-state index is 0.119. The molecule has 0 aliphatic heterocycles. The van der Waals surface area contributed by atoms with Crippen molar-refractivity contribution < 1.29 is 9.59 Å². The van der Waals surface area contributed by atoms with Crippen LogP contribution in [0.2, 0.25) is 0 Å². The van der Waals surface area contributed by atoms with Gasteiger partial charge in [-0.3, -0.25) is 4.79 Å². The van der Waals surface area contributed by atoms with Crippen molar-refractivity contribution >= 4 is 11.7 Å². The number of carbonyl (C=O) groups is 2. The molecule has 0 spiro atoms. The second kappa shape index (κ2) is 8.73. The Morgan fingerprint density at radius 2 is 1.71 bits per heavy atom. The molecule has 0 aliphatic rings. The summed E-state index contributed by atoms with van der Waals surface area (Å²) in [5, 5.41) is 2.83. The average Bonchev–Trinajstić information content (AvgIpc) is 2.15. The van der Waals surface area contributed by atoms with Crippen LogP contribution in [0.1, 0.15) is 52.4 Å². The number of Topliss-reactive ketones (excluding diaryl/α,β-unsaturated/α-hetero) is 1. The quantitative estimate of drug-likeness (QED) is 0.608. The molecule has 1 amide bonds. The number of ketones is 1. The van der Waals surface area contributed by atoms with E-state index < -0.39 is 0 Å². The van der Waals surface area contributed by atoms with Crippen LogP contribution in [0.5, 0.6) is 0 Å². The van der Waals surface area contributed by atoms with Gasteiger partial charge in [-0.2, -0.15) is 0 Å². The summed E-state index contributed by atoms with van der Waals surface area (Å²) in [6.07, 6.45) is 5.44. The molecule has 0 heterocycles. The van der Waals surface area contributed by atoms with Crippen LogP contribution in [-0.4, -0.2) is 18.2 Å². The van der Waals surface area contributed by atoms with E-state index in [0.29, 0.717) is 12.8 Å². The summed E-state index contributed by atoms with van der Waals surface area (Å²) in [5.74, 6) is 0.387. The van der Waals surface area contributed by atoms with E-state index >= 15 is 0 Å². The van der Waals surface area contributed by atoms with Gasteiger partial charge in [-0.25, -0.2) is 0 Å². The second-order valence-corrected chi connectivity index (χ2v) is 3.57. The van der Waals surface area contributed by atoms with Crippen molar-refractivity contribution in [3.05, 3.63) is 0 Å². The molecular formula is C11H21NO2. The summed E-state index contributed by atoms with van der Waals surface area (Å²) < 4.78 is 0. The molecule has 3 nitrogen and oxygen atoms in total. The zero-order valence-corrected chi connectivity index (χ0v) is 9.27. The van der Waals surface area contributed by atoms with Gasteiger partial charge in [-0.15, -0.1) is 0 Å². The van der Waals surface area contributed by atoms with Gasteiger partial charge in [-0.05, 0) is 19.8 Å². The van der Waals surface area contributed by atoms with Crippen LogP contribution >= 0.6 is 0 Å². The van der Waals surface area contributed by atoms with Gasteiger partial charge in [0.15, 0.2) is 0 Å². The summed E-state index contributed by atoms with van der Waals surface area (Å²) in [5.41, 5.74) is 0. The third-order valence-electron chi connectivity index (χ3n) is 2.10. The summed E-state index contributed by atoms with van der Waals surface area (Å²) in [7, 11) is 0. The molecule has 0 radical (unpaired) electrons. The van der Waals surface area contributed by atoms with E-state index in [2.05, 4.69) is 5.32 Å². The fourth-order valence-electron chi connectivity index (χ4n) is 1.21. The van der Waals surface area contributed by atoms with E-state index in [4.69, 9.17) is 0 Å². The van der Waals surface area contributed by atoms with Gasteiger partial charge in [0.05, 0.1) is 0 Å². The number of carbonyl (C=O) groups excluding carboxylic acids is 2. The highest BCUT2D eigenvalue weighted by molar-refractivity contribution is 5.75. The molecule has 0 atom stereocenters. The van der Waals surface area contributed by atoms with Crippen LogP contribution < -0.4 is 5.32 Å². The Hall–Kier alpha value is -0.860.